The molecule has 0 aliphatic heterocycles. The first-order valence-corrected chi connectivity index (χ1v) is 8.19. The molecule has 0 radical (unpaired) electrons. The smallest absolute Gasteiger partial charge is 0.344 e. The van der Waals surface area contributed by atoms with Gasteiger partial charge in [0.05, 0.1) is 26.1 Å². The molecule has 2 N–H and O–H groups in total. The summed E-state index contributed by atoms with van der Waals surface area (Å²) in [6, 6.07) is 3.34. The predicted octanol–water partition coefficient (Wildman–Crippen LogP) is 2.77. The van der Waals surface area contributed by atoms with Gasteiger partial charge in [0, 0.05) is 10.9 Å². The van der Waals surface area contributed by atoms with Gasteiger partial charge in [-0.05, 0) is 26.0 Å². The Hall–Kier alpha value is -2.81. The van der Waals surface area contributed by atoms with Crippen LogP contribution in [0.2, 0.25) is 0 Å². The summed E-state index contributed by atoms with van der Waals surface area (Å²) in [7, 11) is 2.93. The quantitative estimate of drug-likeness (QED) is 0.548. The third kappa shape index (κ3) is 4.83. The second kappa shape index (κ2) is 8.34. The molecule has 0 saturated heterocycles. The Labute approximate surface area is 149 Å². The number of nitrogens with zero attached hydrogens (tertiary/aromatic N) is 2. The van der Waals surface area contributed by atoms with Crippen molar-refractivity contribution >= 4 is 28.7 Å². The van der Waals surface area contributed by atoms with Crippen LogP contribution < -0.4 is 19.6 Å². The molecule has 0 aliphatic carbocycles. The number of aromatic nitrogens is 1. The third-order valence-corrected chi connectivity index (χ3v) is 3.98. The number of hydrogen-bond donors (Lipinski definition) is 2. The molecule has 0 amide bonds. The number of nitrogens with one attached hydrogen (secondary N) is 1. The lowest BCUT2D eigenvalue weighted by atomic mass is 10.2. The van der Waals surface area contributed by atoms with E-state index in [4.69, 9.17) is 19.3 Å². The molecular weight excluding hydrogens is 346 g/mol. The highest BCUT2D eigenvalue weighted by Crippen LogP contribution is 2.39. The molecule has 1 heterocycles. The molecule has 0 saturated carbocycles. The molecule has 0 aliphatic rings. The zero-order valence-electron chi connectivity index (χ0n) is 14.3. The lowest BCUT2D eigenvalue weighted by Gasteiger charge is -2.17. The van der Waals surface area contributed by atoms with Crippen molar-refractivity contribution in [2.75, 3.05) is 19.6 Å². The van der Waals surface area contributed by atoms with Gasteiger partial charge in [-0.3, -0.25) is 5.43 Å². The van der Waals surface area contributed by atoms with Crippen LogP contribution in [0.15, 0.2) is 22.6 Å². The van der Waals surface area contributed by atoms with Gasteiger partial charge in [0.25, 0.3) is 0 Å². The average molecular weight is 365 g/mol. The van der Waals surface area contributed by atoms with Crippen LogP contribution in [0.4, 0.5) is 5.13 Å². The highest BCUT2D eigenvalue weighted by atomic mass is 32.1. The minimum absolute atomic E-state index is 0.223. The zero-order valence-corrected chi connectivity index (χ0v) is 15.1. The molecule has 1 atom stereocenters. The second-order valence-corrected chi connectivity index (χ2v) is 5.88. The first-order chi connectivity index (χ1) is 11.9. The lowest BCUT2D eigenvalue weighted by molar-refractivity contribution is -0.144. The maximum atomic E-state index is 11.0. The third-order valence-electron chi connectivity index (χ3n) is 3.12. The summed E-state index contributed by atoms with van der Waals surface area (Å²) in [5, 5.41) is 15.7. The first-order valence-electron chi connectivity index (χ1n) is 7.31. The number of rotatable bonds is 8. The fourth-order valence-corrected chi connectivity index (χ4v) is 2.52. The molecule has 1 aromatic carbocycles. The van der Waals surface area contributed by atoms with Crippen molar-refractivity contribution < 1.29 is 24.1 Å². The number of anilines is 1. The fraction of sp³-hybridized carbons (Fsp3) is 0.312. The van der Waals surface area contributed by atoms with E-state index < -0.39 is 12.1 Å². The Bertz CT molecular complexity index is 750. The standard InChI is InChI=1S/C16H19N3O5S/c1-9-8-25-16(18-9)19-17-7-11-5-12(22-3)14(13(6-11)23-4)24-10(2)15(20)21/h5-8,10H,1-4H3,(H,18,19)(H,20,21). The van der Waals surface area contributed by atoms with E-state index in [1.165, 1.54) is 32.5 Å². The van der Waals surface area contributed by atoms with Gasteiger partial charge in [-0.1, -0.05) is 0 Å². The number of methoxy groups -OCH3 is 2. The van der Waals surface area contributed by atoms with E-state index in [1.54, 1.807) is 18.3 Å². The average Bonchev–Trinajstić information content (AvgIpc) is 3.00. The number of thiazole rings is 1. The number of hydrazone groups is 1. The number of aryl methyl sites for hydroxylation is 1. The van der Waals surface area contributed by atoms with Gasteiger partial charge >= 0.3 is 5.97 Å². The fourth-order valence-electron chi connectivity index (χ4n) is 1.89. The summed E-state index contributed by atoms with van der Waals surface area (Å²) in [6.45, 7) is 3.33. The van der Waals surface area contributed by atoms with E-state index in [2.05, 4.69) is 15.5 Å². The van der Waals surface area contributed by atoms with Crippen molar-refractivity contribution in [3.05, 3.63) is 28.8 Å². The Morgan fingerprint density at radius 3 is 2.48 bits per heavy atom. The highest BCUT2D eigenvalue weighted by molar-refractivity contribution is 7.13. The molecule has 2 aromatic rings. The Kier molecular flexibility index (Phi) is 6.18. The van der Waals surface area contributed by atoms with Crippen LogP contribution in [0, 0.1) is 6.92 Å². The Balaban J connectivity index is 2.23. The summed E-state index contributed by atoms with van der Waals surface area (Å²) in [5.74, 6) is -0.170. The van der Waals surface area contributed by atoms with Crippen molar-refractivity contribution in [3.63, 3.8) is 0 Å². The number of benzene rings is 1. The van der Waals surface area contributed by atoms with Gasteiger partial charge in [0.1, 0.15) is 0 Å². The van der Waals surface area contributed by atoms with E-state index in [0.717, 1.165) is 5.69 Å². The second-order valence-electron chi connectivity index (χ2n) is 5.02. The molecule has 0 spiro atoms. The minimum atomic E-state index is -1.09. The van der Waals surface area contributed by atoms with Gasteiger partial charge in [0.2, 0.25) is 10.9 Å². The van der Waals surface area contributed by atoms with Crippen molar-refractivity contribution in [1.29, 1.82) is 0 Å². The molecular formula is C16H19N3O5S. The number of hydrogen-bond acceptors (Lipinski definition) is 8. The van der Waals surface area contributed by atoms with E-state index in [9.17, 15) is 4.79 Å². The summed E-state index contributed by atoms with van der Waals surface area (Å²) >= 11 is 1.45. The van der Waals surface area contributed by atoms with E-state index in [0.29, 0.717) is 22.2 Å². The molecule has 2 rings (SSSR count). The predicted molar refractivity (Wildman–Crippen MR) is 95.3 cm³/mol. The highest BCUT2D eigenvalue weighted by Gasteiger charge is 2.20. The Morgan fingerprint density at radius 1 is 1.36 bits per heavy atom. The molecule has 0 fully saturated rings. The van der Waals surface area contributed by atoms with Crippen LogP contribution in [-0.4, -0.2) is 42.6 Å². The maximum absolute atomic E-state index is 11.0. The van der Waals surface area contributed by atoms with Gasteiger partial charge < -0.3 is 19.3 Å². The molecule has 25 heavy (non-hydrogen) atoms. The van der Waals surface area contributed by atoms with E-state index in [-0.39, 0.29) is 5.75 Å². The Morgan fingerprint density at radius 2 is 2.00 bits per heavy atom. The van der Waals surface area contributed by atoms with Crippen molar-refractivity contribution in [2.24, 2.45) is 5.10 Å². The number of ether oxygens (including phenoxy) is 3. The maximum Gasteiger partial charge on any atom is 0.344 e. The number of carbonyl (C=O) groups is 1. The number of carboxylic acids is 1. The van der Waals surface area contributed by atoms with Gasteiger partial charge in [-0.2, -0.15) is 5.10 Å². The SMILES string of the molecule is COc1cc(C=NNc2nc(C)cs2)cc(OC)c1OC(C)C(=O)O. The summed E-state index contributed by atoms with van der Waals surface area (Å²) in [4.78, 5) is 15.2. The topological polar surface area (TPSA) is 102 Å². The van der Waals surface area contributed by atoms with Crippen molar-refractivity contribution in [2.45, 2.75) is 20.0 Å². The number of carboxylic acid groups (broad SMARTS) is 1. The molecule has 9 heteroatoms. The van der Waals surface area contributed by atoms with Crippen LogP contribution in [-0.2, 0) is 4.79 Å². The minimum Gasteiger partial charge on any atom is -0.493 e. The molecule has 0 bridgehead atoms. The first kappa shape index (κ1) is 18.5. The zero-order chi connectivity index (χ0) is 18.4. The normalized spacial score (nSPS) is 12.0. The van der Waals surface area contributed by atoms with Gasteiger partial charge in [-0.25, -0.2) is 9.78 Å². The summed E-state index contributed by atoms with van der Waals surface area (Å²) in [5.41, 5.74) is 4.44. The summed E-state index contributed by atoms with van der Waals surface area (Å²) < 4.78 is 16.0. The monoisotopic (exact) mass is 365 g/mol. The van der Waals surface area contributed by atoms with Gasteiger partial charge in [0.15, 0.2) is 17.6 Å². The van der Waals surface area contributed by atoms with E-state index in [1.807, 2.05) is 12.3 Å². The molecule has 8 nitrogen and oxygen atoms in total. The number of aliphatic carboxylic acids is 1. The van der Waals surface area contributed by atoms with E-state index >= 15 is 0 Å². The van der Waals surface area contributed by atoms with Crippen LogP contribution >= 0.6 is 11.3 Å². The van der Waals surface area contributed by atoms with Crippen LogP contribution in [0.25, 0.3) is 0 Å². The van der Waals surface area contributed by atoms with Crippen molar-refractivity contribution in [1.82, 2.24) is 4.98 Å². The van der Waals surface area contributed by atoms with Crippen LogP contribution in [0.3, 0.4) is 0 Å². The molecule has 134 valence electrons. The van der Waals surface area contributed by atoms with Crippen LogP contribution in [0.1, 0.15) is 18.2 Å². The summed E-state index contributed by atoms with van der Waals surface area (Å²) in [6.07, 6.45) is 0.531. The van der Waals surface area contributed by atoms with Crippen molar-refractivity contribution in [3.8, 4) is 17.2 Å². The molecule has 1 unspecified atom stereocenters. The largest absolute Gasteiger partial charge is 0.493 e. The van der Waals surface area contributed by atoms with Crippen LogP contribution in [0.5, 0.6) is 17.2 Å². The van der Waals surface area contributed by atoms with Gasteiger partial charge in [-0.15, -0.1) is 11.3 Å². The molecule has 1 aromatic heterocycles. The lowest BCUT2D eigenvalue weighted by Crippen LogP contribution is -2.23.